The molecule has 1 aliphatic heterocycles. The van der Waals surface area contributed by atoms with Gasteiger partial charge in [-0.05, 0) is 31.2 Å². The van der Waals surface area contributed by atoms with Crippen LogP contribution in [-0.2, 0) is 16.6 Å². The zero-order valence-electron chi connectivity index (χ0n) is 16.5. The van der Waals surface area contributed by atoms with Crippen LogP contribution >= 0.6 is 0 Å². The maximum Gasteiger partial charge on any atom is 0.231 e. The maximum absolute atomic E-state index is 12.9. The Morgan fingerprint density at radius 2 is 1.79 bits per heavy atom. The quantitative estimate of drug-likeness (QED) is 0.738. The maximum atomic E-state index is 12.9. The molecule has 29 heavy (non-hydrogen) atoms. The second kappa shape index (κ2) is 7.46. The largest absolute Gasteiger partial charge is 0.336 e. The third-order valence-corrected chi connectivity index (χ3v) is 5.34. The number of likely N-dealkylation sites (tertiary alicyclic amines) is 1. The molecule has 3 aromatic heterocycles. The van der Waals surface area contributed by atoms with Gasteiger partial charge in [0.1, 0.15) is 5.82 Å². The summed E-state index contributed by atoms with van der Waals surface area (Å²) in [5.74, 6) is -0.354. The van der Waals surface area contributed by atoms with Gasteiger partial charge in [-0.15, -0.1) is 0 Å². The van der Waals surface area contributed by atoms with Gasteiger partial charge in [0.2, 0.25) is 11.8 Å². The molecule has 1 saturated heterocycles. The summed E-state index contributed by atoms with van der Waals surface area (Å²) in [6.07, 6.45) is 5.32. The van der Waals surface area contributed by atoms with E-state index in [4.69, 9.17) is 0 Å². The minimum atomic E-state index is -0.509. The number of amides is 2. The first-order chi connectivity index (χ1) is 13.9. The minimum Gasteiger partial charge on any atom is -0.336 e. The van der Waals surface area contributed by atoms with E-state index < -0.39 is 5.92 Å². The number of aryl methyl sites for hydroxylation is 2. The fraction of sp³-hybridized carbons (Fsp3) is 0.286. The lowest BCUT2D eigenvalue weighted by molar-refractivity contribution is -0.128. The van der Waals surface area contributed by atoms with E-state index >= 15 is 0 Å². The highest BCUT2D eigenvalue weighted by atomic mass is 16.2. The smallest absolute Gasteiger partial charge is 0.231 e. The minimum absolute atomic E-state index is 0.0634. The van der Waals surface area contributed by atoms with E-state index in [9.17, 15) is 9.59 Å². The number of hydrogen-bond acceptors (Lipinski definition) is 5. The summed E-state index contributed by atoms with van der Waals surface area (Å²) in [6, 6.07) is 9.05. The number of hydrogen-bond donors (Lipinski definition) is 1. The predicted octanol–water partition coefficient (Wildman–Crippen LogP) is 2.34. The van der Waals surface area contributed by atoms with Crippen molar-refractivity contribution < 1.29 is 9.59 Å². The molecule has 0 spiro atoms. The monoisotopic (exact) mass is 390 g/mol. The van der Waals surface area contributed by atoms with E-state index in [-0.39, 0.29) is 24.3 Å². The number of carbonyl (C=O) groups excluding carboxylic acids is 2. The highest BCUT2D eigenvalue weighted by Crippen LogP contribution is 2.37. The van der Waals surface area contributed by atoms with E-state index in [2.05, 4.69) is 20.4 Å². The molecule has 3 aromatic rings. The molecule has 0 radical (unpaired) electrons. The predicted molar refractivity (Wildman–Crippen MR) is 108 cm³/mol. The van der Waals surface area contributed by atoms with E-state index in [0.29, 0.717) is 5.82 Å². The molecule has 4 heterocycles. The molecule has 0 bridgehead atoms. The highest BCUT2D eigenvalue weighted by molar-refractivity contribution is 5.97. The molecule has 2 amide bonds. The first-order valence-electron chi connectivity index (χ1n) is 9.37. The zero-order chi connectivity index (χ0) is 20.5. The number of anilines is 1. The van der Waals surface area contributed by atoms with E-state index in [1.165, 1.54) is 0 Å². The lowest BCUT2D eigenvalue weighted by Gasteiger charge is -2.24. The van der Waals surface area contributed by atoms with Crippen molar-refractivity contribution in [1.29, 1.82) is 0 Å². The molecule has 0 aliphatic carbocycles. The van der Waals surface area contributed by atoms with E-state index in [1.54, 1.807) is 48.3 Å². The Labute approximate surface area is 168 Å². The Morgan fingerprint density at radius 1 is 1.07 bits per heavy atom. The SMILES string of the molecule is Cc1ccc(-c2ccc(NC(=O)C3CC(=O)N(C)C3c3ccnn3C)nc2)cn1. The van der Waals surface area contributed by atoms with Crippen LogP contribution in [-0.4, -0.2) is 43.5 Å². The van der Waals surface area contributed by atoms with Crippen molar-refractivity contribution in [2.75, 3.05) is 12.4 Å². The van der Waals surface area contributed by atoms with E-state index in [1.807, 2.05) is 31.2 Å². The molecule has 0 saturated carbocycles. The molecule has 1 N–H and O–H groups in total. The van der Waals surface area contributed by atoms with Gasteiger partial charge >= 0.3 is 0 Å². The summed E-state index contributed by atoms with van der Waals surface area (Å²) in [5, 5.41) is 7.02. The van der Waals surface area contributed by atoms with Crippen LogP contribution in [0, 0.1) is 12.8 Å². The Kier molecular flexibility index (Phi) is 4.84. The Hall–Kier alpha value is -3.55. The van der Waals surface area contributed by atoms with Crippen molar-refractivity contribution >= 4 is 17.6 Å². The van der Waals surface area contributed by atoms with Gasteiger partial charge in [0.05, 0.1) is 17.7 Å². The van der Waals surface area contributed by atoms with Gasteiger partial charge < -0.3 is 10.2 Å². The molecule has 148 valence electrons. The number of nitrogens with one attached hydrogen (secondary N) is 1. The van der Waals surface area contributed by atoms with Gasteiger partial charge in [-0.3, -0.25) is 19.3 Å². The number of carbonyl (C=O) groups is 2. The third kappa shape index (κ3) is 3.61. The van der Waals surface area contributed by atoms with Crippen LogP contribution in [0.5, 0.6) is 0 Å². The molecule has 1 fully saturated rings. The Bertz CT molecular complexity index is 1040. The first-order valence-corrected chi connectivity index (χ1v) is 9.37. The lowest BCUT2D eigenvalue weighted by atomic mass is 9.96. The number of rotatable bonds is 4. The standard InChI is InChI=1S/C21H22N6O2/c1-13-4-5-14(11-22-13)15-6-7-18(23-12-15)25-21(29)16-10-19(28)26(2)20(16)17-8-9-24-27(17)3/h4-9,11-12,16,20H,10H2,1-3H3,(H,23,25,29). The van der Waals surface area contributed by atoms with Crippen LogP contribution in [0.15, 0.2) is 48.9 Å². The second-order valence-electron chi connectivity index (χ2n) is 7.25. The van der Waals surface area contributed by atoms with Crippen molar-refractivity contribution in [2.45, 2.75) is 19.4 Å². The number of nitrogens with zero attached hydrogens (tertiary/aromatic N) is 5. The van der Waals surface area contributed by atoms with Gasteiger partial charge in [0, 0.05) is 55.9 Å². The highest BCUT2D eigenvalue weighted by Gasteiger charge is 2.44. The van der Waals surface area contributed by atoms with Crippen molar-refractivity contribution in [3.8, 4) is 11.1 Å². The van der Waals surface area contributed by atoms with Crippen LogP contribution in [0.2, 0.25) is 0 Å². The molecule has 2 atom stereocenters. The van der Waals surface area contributed by atoms with Crippen LogP contribution in [0.3, 0.4) is 0 Å². The Balaban J connectivity index is 1.51. The molecule has 4 rings (SSSR count). The summed E-state index contributed by atoms with van der Waals surface area (Å²) in [4.78, 5) is 35.5. The fourth-order valence-corrected chi connectivity index (χ4v) is 3.68. The molecule has 2 unspecified atom stereocenters. The topological polar surface area (TPSA) is 93.0 Å². The molecule has 8 heteroatoms. The second-order valence-corrected chi connectivity index (χ2v) is 7.25. The van der Waals surface area contributed by atoms with Gasteiger partial charge in [0.25, 0.3) is 0 Å². The molecule has 0 aromatic carbocycles. The molecular weight excluding hydrogens is 368 g/mol. The van der Waals surface area contributed by atoms with Crippen molar-refractivity contribution in [3.05, 3.63) is 60.3 Å². The average molecular weight is 390 g/mol. The summed E-state index contributed by atoms with van der Waals surface area (Å²) in [7, 11) is 3.52. The lowest BCUT2D eigenvalue weighted by Crippen LogP contribution is -2.31. The van der Waals surface area contributed by atoms with Crippen LogP contribution < -0.4 is 5.32 Å². The van der Waals surface area contributed by atoms with Crippen LogP contribution in [0.25, 0.3) is 11.1 Å². The van der Waals surface area contributed by atoms with Gasteiger partial charge in [-0.1, -0.05) is 6.07 Å². The van der Waals surface area contributed by atoms with Crippen LogP contribution in [0.4, 0.5) is 5.82 Å². The summed E-state index contributed by atoms with van der Waals surface area (Å²) >= 11 is 0. The number of pyridine rings is 2. The van der Waals surface area contributed by atoms with Gasteiger partial charge in [-0.25, -0.2) is 4.98 Å². The average Bonchev–Trinajstić information content (AvgIpc) is 3.26. The van der Waals surface area contributed by atoms with E-state index in [0.717, 1.165) is 22.5 Å². The normalized spacial score (nSPS) is 18.9. The molecule has 1 aliphatic rings. The number of aromatic nitrogens is 4. The first kappa shape index (κ1) is 18.8. The van der Waals surface area contributed by atoms with Crippen LogP contribution in [0.1, 0.15) is 23.9 Å². The third-order valence-electron chi connectivity index (χ3n) is 5.34. The zero-order valence-corrected chi connectivity index (χ0v) is 16.5. The van der Waals surface area contributed by atoms with Gasteiger partial charge in [-0.2, -0.15) is 5.10 Å². The van der Waals surface area contributed by atoms with Gasteiger partial charge in [0.15, 0.2) is 0 Å². The summed E-state index contributed by atoms with van der Waals surface area (Å²) in [5.41, 5.74) is 3.65. The summed E-state index contributed by atoms with van der Waals surface area (Å²) in [6.45, 7) is 1.94. The fourth-order valence-electron chi connectivity index (χ4n) is 3.68. The Morgan fingerprint density at radius 3 is 2.38 bits per heavy atom. The molecular formula is C21H22N6O2. The van der Waals surface area contributed by atoms with Crippen molar-refractivity contribution in [3.63, 3.8) is 0 Å². The van der Waals surface area contributed by atoms with Crippen molar-refractivity contribution in [2.24, 2.45) is 13.0 Å². The molecule has 8 nitrogen and oxygen atoms in total. The summed E-state index contributed by atoms with van der Waals surface area (Å²) < 4.78 is 1.70. The van der Waals surface area contributed by atoms with Crippen molar-refractivity contribution in [1.82, 2.24) is 24.6 Å².